The van der Waals surface area contributed by atoms with Crippen molar-refractivity contribution in [2.45, 2.75) is 39.2 Å². The molecule has 1 unspecified atom stereocenters. The predicted octanol–water partition coefficient (Wildman–Crippen LogP) is 2.00. The van der Waals surface area contributed by atoms with E-state index in [4.69, 9.17) is 4.74 Å². The number of carbonyl (C=O) groups excluding carboxylic acids is 2. The van der Waals surface area contributed by atoms with Crippen LogP contribution < -0.4 is 15.4 Å². The molecule has 2 heterocycles. The molecule has 0 aromatic carbocycles. The molecule has 7 nitrogen and oxygen atoms in total. The first-order valence-electron chi connectivity index (χ1n) is 8.07. The maximum Gasteiger partial charge on any atom is 0.319 e. The SMILES string of the molecule is CCCNC(=O)Nc1ccc(OC2CCN(C(=O)CC)C2)nc1. The predicted molar refractivity (Wildman–Crippen MR) is 87.5 cm³/mol. The molecule has 0 aliphatic carbocycles. The third-order valence-corrected chi connectivity index (χ3v) is 3.62. The van der Waals surface area contributed by atoms with Gasteiger partial charge in [-0.05, 0) is 12.5 Å². The molecular formula is C16H24N4O3. The number of hydrogen-bond acceptors (Lipinski definition) is 4. The zero-order valence-electron chi connectivity index (χ0n) is 13.7. The van der Waals surface area contributed by atoms with Gasteiger partial charge >= 0.3 is 6.03 Å². The highest BCUT2D eigenvalue weighted by Gasteiger charge is 2.26. The second-order valence-corrected chi connectivity index (χ2v) is 5.49. The van der Waals surface area contributed by atoms with Crippen LogP contribution in [0.3, 0.4) is 0 Å². The first-order chi connectivity index (χ1) is 11.1. The van der Waals surface area contributed by atoms with E-state index in [2.05, 4.69) is 15.6 Å². The van der Waals surface area contributed by atoms with Gasteiger partial charge in [0.1, 0.15) is 6.10 Å². The summed E-state index contributed by atoms with van der Waals surface area (Å²) in [6.07, 6.45) is 3.75. The second-order valence-electron chi connectivity index (χ2n) is 5.49. The van der Waals surface area contributed by atoms with Crippen molar-refractivity contribution in [2.24, 2.45) is 0 Å². The molecular weight excluding hydrogens is 296 g/mol. The molecule has 2 N–H and O–H groups in total. The van der Waals surface area contributed by atoms with Gasteiger partial charge < -0.3 is 20.3 Å². The highest BCUT2D eigenvalue weighted by molar-refractivity contribution is 5.88. The number of ether oxygens (including phenoxy) is 1. The van der Waals surface area contributed by atoms with Crippen molar-refractivity contribution in [1.29, 1.82) is 0 Å². The fraction of sp³-hybridized carbons (Fsp3) is 0.562. The van der Waals surface area contributed by atoms with Crippen molar-refractivity contribution >= 4 is 17.6 Å². The normalized spacial score (nSPS) is 17.0. The molecule has 0 radical (unpaired) electrons. The van der Waals surface area contributed by atoms with E-state index < -0.39 is 0 Å². The van der Waals surface area contributed by atoms with E-state index in [1.807, 2.05) is 18.7 Å². The third kappa shape index (κ3) is 5.12. The van der Waals surface area contributed by atoms with Crippen LogP contribution in [0.4, 0.5) is 10.5 Å². The van der Waals surface area contributed by atoms with Crippen LogP contribution in [0, 0.1) is 0 Å². The maximum atomic E-state index is 11.6. The summed E-state index contributed by atoms with van der Waals surface area (Å²) in [4.78, 5) is 29.2. The summed E-state index contributed by atoms with van der Waals surface area (Å²) in [7, 11) is 0. The fourth-order valence-electron chi connectivity index (χ4n) is 2.38. The molecule has 1 aromatic rings. The molecule has 1 aliphatic heterocycles. The Hall–Kier alpha value is -2.31. The molecule has 1 fully saturated rings. The number of urea groups is 1. The van der Waals surface area contributed by atoms with Crippen LogP contribution in [-0.2, 0) is 4.79 Å². The lowest BCUT2D eigenvalue weighted by atomic mass is 10.3. The van der Waals surface area contributed by atoms with Crippen LogP contribution in [0.25, 0.3) is 0 Å². The molecule has 1 aromatic heterocycles. The monoisotopic (exact) mass is 320 g/mol. The van der Waals surface area contributed by atoms with Crippen molar-refractivity contribution in [3.8, 4) is 5.88 Å². The first-order valence-corrected chi connectivity index (χ1v) is 8.07. The largest absolute Gasteiger partial charge is 0.472 e. The molecule has 2 rings (SSSR count). The molecule has 0 spiro atoms. The Kier molecular flexibility index (Phi) is 6.19. The number of nitrogens with zero attached hydrogens (tertiary/aromatic N) is 2. The number of carbonyl (C=O) groups is 2. The third-order valence-electron chi connectivity index (χ3n) is 3.62. The molecule has 0 bridgehead atoms. The molecule has 7 heteroatoms. The minimum Gasteiger partial charge on any atom is -0.472 e. The van der Waals surface area contributed by atoms with Gasteiger partial charge in [0.05, 0.1) is 18.4 Å². The molecule has 3 amide bonds. The lowest BCUT2D eigenvalue weighted by Gasteiger charge is -2.16. The number of nitrogens with one attached hydrogen (secondary N) is 2. The number of amides is 3. The Morgan fingerprint density at radius 1 is 1.39 bits per heavy atom. The topological polar surface area (TPSA) is 83.6 Å². The molecule has 1 saturated heterocycles. The quantitative estimate of drug-likeness (QED) is 0.840. The Morgan fingerprint density at radius 2 is 2.22 bits per heavy atom. The zero-order valence-corrected chi connectivity index (χ0v) is 13.7. The second kappa shape index (κ2) is 8.36. The van der Waals surface area contributed by atoms with Crippen LogP contribution in [0.2, 0.25) is 0 Å². The molecule has 23 heavy (non-hydrogen) atoms. The van der Waals surface area contributed by atoms with Gasteiger partial charge in [0, 0.05) is 32.0 Å². The number of anilines is 1. The average molecular weight is 320 g/mol. The van der Waals surface area contributed by atoms with Gasteiger partial charge in [-0.3, -0.25) is 4.79 Å². The van der Waals surface area contributed by atoms with Crippen molar-refractivity contribution in [2.75, 3.05) is 25.0 Å². The van der Waals surface area contributed by atoms with Gasteiger partial charge in [-0.25, -0.2) is 9.78 Å². The smallest absolute Gasteiger partial charge is 0.319 e. The average Bonchev–Trinajstić information content (AvgIpc) is 3.02. The van der Waals surface area contributed by atoms with Gasteiger partial charge in [-0.15, -0.1) is 0 Å². The maximum absolute atomic E-state index is 11.6. The van der Waals surface area contributed by atoms with Crippen LogP contribution in [0.5, 0.6) is 5.88 Å². The van der Waals surface area contributed by atoms with E-state index in [-0.39, 0.29) is 18.0 Å². The molecule has 1 atom stereocenters. The number of pyridine rings is 1. The van der Waals surface area contributed by atoms with E-state index in [9.17, 15) is 9.59 Å². The summed E-state index contributed by atoms with van der Waals surface area (Å²) < 4.78 is 5.79. The standard InChI is InChI=1S/C16H24N4O3/c1-3-8-17-16(22)19-12-5-6-14(18-10-12)23-13-7-9-20(11-13)15(21)4-2/h5-6,10,13H,3-4,7-9,11H2,1-2H3,(H2,17,19,22). The summed E-state index contributed by atoms with van der Waals surface area (Å²) in [6.45, 7) is 5.82. The number of likely N-dealkylation sites (tertiary alicyclic amines) is 1. The van der Waals surface area contributed by atoms with Crippen molar-refractivity contribution in [3.05, 3.63) is 18.3 Å². The molecule has 1 aliphatic rings. The molecule has 126 valence electrons. The summed E-state index contributed by atoms with van der Waals surface area (Å²) in [5.74, 6) is 0.655. The minimum absolute atomic E-state index is 0.0235. The van der Waals surface area contributed by atoms with E-state index in [0.29, 0.717) is 31.1 Å². The van der Waals surface area contributed by atoms with Crippen molar-refractivity contribution in [3.63, 3.8) is 0 Å². The van der Waals surface area contributed by atoms with E-state index in [1.54, 1.807) is 18.3 Å². The Bertz CT molecular complexity index is 533. The van der Waals surface area contributed by atoms with Gasteiger partial charge in [0.25, 0.3) is 0 Å². The van der Waals surface area contributed by atoms with Crippen molar-refractivity contribution in [1.82, 2.24) is 15.2 Å². The van der Waals surface area contributed by atoms with Crippen LogP contribution in [-0.4, -0.2) is 47.6 Å². The lowest BCUT2D eigenvalue weighted by Crippen LogP contribution is -2.30. The summed E-state index contributed by atoms with van der Waals surface area (Å²) in [6, 6.07) is 3.23. The minimum atomic E-state index is -0.244. The highest BCUT2D eigenvalue weighted by Crippen LogP contribution is 2.18. The highest BCUT2D eigenvalue weighted by atomic mass is 16.5. The van der Waals surface area contributed by atoms with Crippen molar-refractivity contribution < 1.29 is 14.3 Å². The van der Waals surface area contributed by atoms with E-state index in [0.717, 1.165) is 19.4 Å². The first kappa shape index (κ1) is 17.1. The Labute approximate surface area is 136 Å². The summed E-state index contributed by atoms with van der Waals surface area (Å²) >= 11 is 0. The van der Waals surface area contributed by atoms with Gasteiger partial charge in [0.2, 0.25) is 11.8 Å². The van der Waals surface area contributed by atoms with Crippen LogP contribution >= 0.6 is 0 Å². The number of hydrogen-bond donors (Lipinski definition) is 2. The van der Waals surface area contributed by atoms with Crippen LogP contribution in [0.15, 0.2) is 18.3 Å². The van der Waals surface area contributed by atoms with E-state index in [1.165, 1.54) is 0 Å². The van der Waals surface area contributed by atoms with Crippen LogP contribution in [0.1, 0.15) is 33.1 Å². The Balaban J connectivity index is 1.81. The summed E-state index contributed by atoms with van der Waals surface area (Å²) in [5, 5.41) is 5.43. The Morgan fingerprint density at radius 3 is 2.87 bits per heavy atom. The van der Waals surface area contributed by atoms with E-state index >= 15 is 0 Å². The zero-order chi connectivity index (χ0) is 16.7. The lowest BCUT2D eigenvalue weighted by molar-refractivity contribution is -0.130. The van der Waals surface area contributed by atoms with Gasteiger partial charge in [-0.1, -0.05) is 13.8 Å². The fourth-order valence-corrected chi connectivity index (χ4v) is 2.38. The molecule has 0 saturated carbocycles. The number of rotatable bonds is 6. The summed E-state index contributed by atoms with van der Waals surface area (Å²) in [5.41, 5.74) is 0.611. The number of aromatic nitrogens is 1. The van der Waals surface area contributed by atoms with Gasteiger partial charge in [-0.2, -0.15) is 0 Å². The van der Waals surface area contributed by atoms with Gasteiger partial charge in [0.15, 0.2) is 0 Å².